The maximum atomic E-state index is 12.4. The molecule has 0 spiro atoms. The first-order valence-electron chi connectivity index (χ1n) is 6.94. The number of nitrogens with one attached hydrogen (secondary N) is 1. The highest BCUT2D eigenvalue weighted by molar-refractivity contribution is 7.90. The van der Waals surface area contributed by atoms with Crippen molar-refractivity contribution in [1.82, 2.24) is 5.32 Å². The van der Waals surface area contributed by atoms with Crippen LogP contribution in [0.25, 0.3) is 0 Å². The van der Waals surface area contributed by atoms with Crippen LogP contribution in [-0.4, -0.2) is 37.7 Å². The number of hydrogen-bond donors (Lipinski definition) is 2. The summed E-state index contributed by atoms with van der Waals surface area (Å²) >= 11 is 0. The fourth-order valence-corrected chi connectivity index (χ4v) is 2.69. The predicted octanol–water partition coefficient (Wildman–Crippen LogP) is 1.49. The molecule has 7 heteroatoms. The molecule has 0 bridgehead atoms. The van der Waals surface area contributed by atoms with Crippen molar-refractivity contribution in [2.24, 2.45) is 5.92 Å². The van der Waals surface area contributed by atoms with Gasteiger partial charge in [-0.15, -0.1) is 0 Å². The van der Waals surface area contributed by atoms with Gasteiger partial charge in [0.05, 0.1) is 4.90 Å². The lowest BCUT2D eigenvalue weighted by molar-refractivity contribution is -0.140. The Morgan fingerprint density at radius 2 is 1.86 bits per heavy atom. The topological polar surface area (TPSA) is 101 Å². The number of aliphatic carboxylic acids is 1. The van der Waals surface area contributed by atoms with Crippen LogP contribution in [-0.2, 0) is 21.1 Å². The van der Waals surface area contributed by atoms with E-state index in [2.05, 4.69) is 5.32 Å². The van der Waals surface area contributed by atoms with Crippen molar-refractivity contribution in [2.45, 2.75) is 38.1 Å². The van der Waals surface area contributed by atoms with E-state index in [0.29, 0.717) is 12.0 Å². The zero-order valence-electron chi connectivity index (χ0n) is 13.1. The molecule has 0 saturated heterocycles. The number of aryl methyl sites for hydroxylation is 1. The Hall–Kier alpha value is -1.89. The first-order valence-corrected chi connectivity index (χ1v) is 8.83. The average molecular weight is 327 g/mol. The molecular formula is C15H21NO5S. The van der Waals surface area contributed by atoms with Crippen LogP contribution >= 0.6 is 0 Å². The highest BCUT2D eigenvalue weighted by Crippen LogP contribution is 2.17. The zero-order valence-corrected chi connectivity index (χ0v) is 13.9. The number of benzene rings is 1. The Morgan fingerprint density at radius 3 is 2.27 bits per heavy atom. The fraction of sp³-hybridized carbons (Fsp3) is 0.467. The van der Waals surface area contributed by atoms with Gasteiger partial charge in [0.15, 0.2) is 9.84 Å². The maximum Gasteiger partial charge on any atom is 0.326 e. The molecule has 0 aliphatic rings. The molecule has 0 saturated carbocycles. The van der Waals surface area contributed by atoms with Crippen molar-refractivity contribution in [3.63, 3.8) is 0 Å². The summed E-state index contributed by atoms with van der Waals surface area (Å²) in [7, 11) is -3.44. The van der Waals surface area contributed by atoms with Crippen LogP contribution in [0.1, 0.15) is 36.7 Å². The summed E-state index contributed by atoms with van der Waals surface area (Å²) in [5.41, 5.74) is 0.857. The molecule has 6 nitrogen and oxygen atoms in total. The third-order valence-electron chi connectivity index (χ3n) is 3.35. The molecule has 1 atom stereocenters. The van der Waals surface area contributed by atoms with Gasteiger partial charge < -0.3 is 10.4 Å². The maximum absolute atomic E-state index is 12.4. The number of carboxylic acid groups (broad SMARTS) is 1. The molecule has 122 valence electrons. The predicted molar refractivity (Wildman–Crippen MR) is 82.7 cm³/mol. The lowest BCUT2D eigenvalue weighted by Gasteiger charge is -2.19. The Labute approximate surface area is 130 Å². The van der Waals surface area contributed by atoms with Crippen LogP contribution in [0.4, 0.5) is 0 Å². The number of carbonyl (C=O) groups is 2. The van der Waals surface area contributed by atoms with E-state index in [0.717, 1.165) is 6.26 Å². The van der Waals surface area contributed by atoms with Gasteiger partial charge >= 0.3 is 5.97 Å². The van der Waals surface area contributed by atoms with Crippen LogP contribution in [0.5, 0.6) is 0 Å². The van der Waals surface area contributed by atoms with Crippen LogP contribution in [0, 0.1) is 5.92 Å². The minimum Gasteiger partial charge on any atom is -0.480 e. The van der Waals surface area contributed by atoms with Crippen molar-refractivity contribution in [3.8, 4) is 0 Å². The normalized spacial score (nSPS) is 13.0. The summed E-state index contributed by atoms with van der Waals surface area (Å²) in [5, 5.41) is 11.6. The van der Waals surface area contributed by atoms with Crippen LogP contribution < -0.4 is 5.32 Å². The summed E-state index contributed by atoms with van der Waals surface area (Å²) in [6.07, 6.45) is 1.59. The van der Waals surface area contributed by atoms with E-state index >= 15 is 0 Å². The molecule has 1 amide bonds. The molecule has 0 radical (unpaired) electrons. The fourth-order valence-electron chi connectivity index (χ4n) is 2.04. The van der Waals surface area contributed by atoms with E-state index in [4.69, 9.17) is 5.11 Å². The van der Waals surface area contributed by atoms with Gasteiger partial charge in [0.25, 0.3) is 5.91 Å². The van der Waals surface area contributed by atoms with Crippen molar-refractivity contribution in [2.75, 3.05) is 6.26 Å². The second-order valence-corrected chi connectivity index (χ2v) is 7.49. The van der Waals surface area contributed by atoms with Crippen LogP contribution in [0.15, 0.2) is 23.1 Å². The number of amides is 1. The lowest BCUT2D eigenvalue weighted by atomic mass is 10.0. The summed E-state index contributed by atoms with van der Waals surface area (Å²) in [5.74, 6) is -1.99. The second-order valence-electron chi connectivity index (χ2n) is 5.48. The molecule has 1 aromatic carbocycles. The van der Waals surface area contributed by atoms with E-state index in [1.54, 1.807) is 19.9 Å². The zero-order chi connectivity index (χ0) is 17.1. The molecular weight excluding hydrogens is 306 g/mol. The van der Waals surface area contributed by atoms with Gasteiger partial charge in [-0.3, -0.25) is 4.79 Å². The number of rotatable bonds is 6. The standard InChI is InChI=1S/C15H21NO5S/c1-5-10-6-7-11(22(4,20)21)8-12(10)14(17)16-13(9(2)3)15(18)19/h6-9,13H,5H2,1-4H3,(H,16,17)(H,18,19)/t13-/m1/s1. The Balaban J connectivity index is 3.23. The quantitative estimate of drug-likeness (QED) is 0.824. The van der Waals surface area contributed by atoms with Gasteiger partial charge in [-0.05, 0) is 30.0 Å². The molecule has 0 fully saturated rings. The minimum absolute atomic E-state index is 0.0336. The van der Waals surface area contributed by atoms with E-state index < -0.39 is 27.8 Å². The first-order chi connectivity index (χ1) is 10.1. The summed E-state index contributed by atoms with van der Waals surface area (Å²) in [6, 6.07) is 3.29. The third-order valence-corrected chi connectivity index (χ3v) is 4.46. The van der Waals surface area contributed by atoms with Gasteiger partial charge in [-0.2, -0.15) is 0 Å². The van der Waals surface area contributed by atoms with Gasteiger partial charge in [-0.1, -0.05) is 26.8 Å². The number of carbonyl (C=O) groups excluding carboxylic acids is 1. The average Bonchev–Trinajstić information content (AvgIpc) is 2.41. The van der Waals surface area contributed by atoms with Crippen molar-refractivity contribution >= 4 is 21.7 Å². The molecule has 1 rings (SSSR count). The van der Waals surface area contributed by atoms with E-state index in [1.165, 1.54) is 12.1 Å². The van der Waals surface area contributed by atoms with Crippen LogP contribution in [0.2, 0.25) is 0 Å². The van der Waals surface area contributed by atoms with Gasteiger partial charge in [0.1, 0.15) is 6.04 Å². The van der Waals surface area contributed by atoms with Crippen molar-refractivity contribution in [1.29, 1.82) is 0 Å². The number of carboxylic acids is 1. The molecule has 0 aliphatic heterocycles. The largest absolute Gasteiger partial charge is 0.480 e. The summed E-state index contributed by atoms with van der Waals surface area (Å²) in [4.78, 5) is 23.6. The summed E-state index contributed by atoms with van der Waals surface area (Å²) in [6.45, 7) is 5.21. The highest BCUT2D eigenvalue weighted by Gasteiger charge is 2.25. The molecule has 0 aliphatic carbocycles. The number of sulfone groups is 1. The van der Waals surface area contributed by atoms with E-state index in [1.807, 2.05) is 6.92 Å². The Kier molecular flexibility index (Phi) is 5.71. The SMILES string of the molecule is CCc1ccc(S(C)(=O)=O)cc1C(=O)N[C@@H](C(=O)O)C(C)C. The third kappa shape index (κ3) is 4.30. The minimum atomic E-state index is -3.44. The first kappa shape index (κ1) is 18.2. The smallest absolute Gasteiger partial charge is 0.326 e. The van der Waals surface area contributed by atoms with Gasteiger partial charge in [0, 0.05) is 11.8 Å². The molecule has 22 heavy (non-hydrogen) atoms. The molecule has 0 unspecified atom stereocenters. The van der Waals surface area contributed by atoms with Gasteiger partial charge in [-0.25, -0.2) is 13.2 Å². The molecule has 0 heterocycles. The van der Waals surface area contributed by atoms with E-state index in [-0.39, 0.29) is 16.4 Å². The van der Waals surface area contributed by atoms with Gasteiger partial charge in [0.2, 0.25) is 0 Å². The summed E-state index contributed by atoms with van der Waals surface area (Å²) < 4.78 is 23.2. The van der Waals surface area contributed by atoms with Crippen molar-refractivity contribution in [3.05, 3.63) is 29.3 Å². The lowest BCUT2D eigenvalue weighted by Crippen LogP contribution is -2.44. The second kappa shape index (κ2) is 6.91. The molecule has 2 N–H and O–H groups in total. The molecule has 0 aromatic heterocycles. The Morgan fingerprint density at radius 1 is 1.27 bits per heavy atom. The monoisotopic (exact) mass is 327 g/mol. The number of hydrogen-bond acceptors (Lipinski definition) is 4. The Bertz CT molecular complexity index is 679. The molecule has 1 aromatic rings. The highest BCUT2D eigenvalue weighted by atomic mass is 32.2. The van der Waals surface area contributed by atoms with Crippen LogP contribution in [0.3, 0.4) is 0 Å². The van der Waals surface area contributed by atoms with Crippen molar-refractivity contribution < 1.29 is 23.1 Å². The van der Waals surface area contributed by atoms with E-state index in [9.17, 15) is 18.0 Å².